The third-order valence-electron chi connectivity index (χ3n) is 15.0. The molecule has 17 nitrogen and oxygen atoms in total. The van der Waals surface area contributed by atoms with E-state index in [1.807, 2.05) is 0 Å². The molecule has 0 radical (unpaired) electrons. The van der Waals surface area contributed by atoms with E-state index in [0.717, 1.165) is 108 Å². The average Bonchev–Trinajstić information content (AvgIpc) is 3.46. The number of rotatable bonds is 64. The zero-order valence-electron chi connectivity index (χ0n) is 54.2. The minimum absolute atomic E-state index is 0.105. The number of unbranched alkanes of at least 4 members (excludes halogenated alkanes) is 34. The number of hydrogen-bond acceptors (Lipinski definition) is 15. The number of esters is 4. The van der Waals surface area contributed by atoms with E-state index in [1.54, 1.807) is 0 Å². The summed E-state index contributed by atoms with van der Waals surface area (Å²) in [5.74, 6) is -0.594. The molecule has 0 heterocycles. The van der Waals surface area contributed by atoms with Crippen molar-refractivity contribution in [3.8, 4) is 0 Å². The van der Waals surface area contributed by atoms with Crippen LogP contribution in [0.25, 0.3) is 0 Å². The first-order chi connectivity index (χ1) is 40.4. The van der Waals surface area contributed by atoms with Gasteiger partial charge >= 0.3 is 39.5 Å². The van der Waals surface area contributed by atoms with Crippen molar-refractivity contribution in [3.63, 3.8) is 0 Å². The lowest BCUT2D eigenvalue weighted by atomic mass is 10.0. The van der Waals surface area contributed by atoms with E-state index in [-0.39, 0.29) is 25.7 Å². The Morgan fingerprint density at radius 1 is 0.321 bits per heavy atom. The molecule has 19 heteroatoms. The van der Waals surface area contributed by atoms with Crippen LogP contribution in [0.2, 0.25) is 0 Å². The normalized spacial score (nSPS) is 14.3. The second kappa shape index (κ2) is 57.5. The van der Waals surface area contributed by atoms with Gasteiger partial charge in [-0.25, -0.2) is 9.13 Å². The predicted molar refractivity (Wildman–Crippen MR) is 335 cm³/mol. The van der Waals surface area contributed by atoms with Gasteiger partial charge in [0, 0.05) is 25.7 Å². The Kier molecular flexibility index (Phi) is 56.2. The van der Waals surface area contributed by atoms with E-state index >= 15 is 0 Å². The summed E-state index contributed by atoms with van der Waals surface area (Å²) in [6, 6.07) is 0. The van der Waals surface area contributed by atoms with Crippen LogP contribution in [0.15, 0.2) is 0 Å². The highest BCUT2D eigenvalue weighted by molar-refractivity contribution is 7.47. The lowest BCUT2D eigenvalue weighted by molar-refractivity contribution is -0.161. The molecule has 0 aliphatic heterocycles. The molecule has 3 N–H and O–H groups in total. The molecule has 0 aliphatic carbocycles. The maximum Gasteiger partial charge on any atom is 0.472 e. The number of carbonyl (C=O) groups excluding carboxylic acids is 4. The molecule has 5 atom stereocenters. The number of carbonyl (C=O) groups is 4. The Morgan fingerprint density at radius 2 is 0.548 bits per heavy atom. The highest BCUT2D eigenvalue weighted by Crippen LogP contribution is 2.45. The molecule has 0 saturated carbocycles. The zero-order chi connectivity index (χ0) is 62.2. The van der Waals surface area contributed by atoms with Crippen LogP contribution in [-0.2, 0) is 65.4 Å². The zero-order valence-corrected chi connectivity index (χ0v) is 56.0. The third kappa shape index (κ3) is 59.0. The fourth-order valence-corrected chi connectivity index (χ4v) is 11.3. The predicted octanol–water partition coefficient (Wildman–Crippen LogP) is 18.0. The van der Waals surface area contributed by atoms with Gasteiger partial charge in [0.15, 0.2) is 12.2 Å². The Balaban J connectivity index is 5.17. The fraction of sp³-hybridized carbons (Fsp3) is 0.938. The molecule has 0 fully saturated rings. The summed E-state index contributed by atoms with van der Waals surface area (Å²) in [4.78, 5) is 72.0. The van der Waals surface area contributed by atoms with Crippen molar-refractivity contribution in [2.75, 3.05) is 39.6 Å². The van der Waals surface area contributed by atoms with Gasteiger partial charge in [0.05, 0.1) is 26.4 Å². The van der Waals surface area contributed by atoms with E-state index in [4.69, 9.17) is 37.0 Å². The number of hydrogen-bond donors (Lipinski definition) is 3. The molecular formula is C65H126O17P2. The molecule has 0 amide bonds. The molecule has 0 spiro atoms. The molecule has 0 bridgehead atoms. The van der Waals surface area contributed by atoms with Crippen LogP contribution >= 0.6 is 15.6 Å². The van der Waals surface area contributed by atoms with Gasteiger partial charge in [-0.15, -0.1) is 0 Å². The van der Waals surface area contributed by atoms with E-state index in [0.29, 0.717) is 25.7 Å². The summed E-state index contributed by atoms with van der Waals surface area (Å²) in [6.07, 6.45) is 40.6. The largest absolute Gasteiger partial charge is 0.472 e. The molecule has 0 saturated heterocycles. The standard InChI is InChI=1S/C65H126O17P2/c1-7-9-11-13-14-15-25-31-37-43-49-64(69)81-60(53-75-62(67)47-41-33-12-10-8-2)55-79-83(71,72)77-51-59(66)52-78-84(73,74)80-56-61(54-76-63(68)48-42-36-30-26-22-18-20-24-29-35-40-46-58(5)6)82-65(70)50-44-38-32-27-21-17-16-19-23-28-34-39-45-57(3)4/h57-61,66H,7-56H2,1-6H3,(H,71,72)(H,73,74)/t59-,60+,61+/m0/s1. The first-order valence-electron chi connectivity index (χ1n) is 34.0. The summed E-state index contributed by atoms with van der Waals surface area (Å²) in [7, 11) is -9.88. The van der Waals surface area contributed by atoms with Gasteiger partial charge in [-0.3, -0.25) is 37.3 Å². The molecule has 0 aliphatic rings. The lowest BCUT2D eigenvalue weighted by Gasteiger charge is -2.21. The highest BCUT2D eigenvalue weighted by Gasteiger charge is 2.30. The Morgan fingerprint density at radius 3 is 0.810 bits per heavy atom. The van der Waals surface area contributed by atoms with Crippen LogP contribution in [0.4, 0.5) is 0 Å². The quantitative estimate of drug-likeness (QED) is 0.0222. The van der Waals surface area contributed by atoms with Crippen molar-refractivity contribution >= 4 is 39.5 Å². The molecule has 498 valence electrons. The van der Waals surface area contributed by atoms with Crippen molar-refractivity contribution in [1.82, 2.24) is 0 Å². The number of phosphoric acid groups is 2. The van der Waals surface area contributed by atoms with Gasteiger partial charge in [-0.1, -0.05) is 273 Å². The van der Waals surface area contributed by atoms with Gasteiger partial charge in [-0.2, -0.15) is 0 Å². The maximum atomic E-state index is 13.0. The molecule has 0 aromatic heterocycles. The third-order valence-corrected chi connectivity index (χ3v) is 16.9. The molecule has 2 unspecified atom stereocenters. The first kappa shape index (κ1) is 82.1. The van der Waals surface area contributed by atoms with Crippen molar-refractivity contribution in [3.05, 3.63) is 0 Å². The van der Waals surface area contributed by atoms with Crippen molar-refractivity contribution in [1.29, 1.82) is 0 Å². The van der Waals surface area contributed by atoms with Crippen molar-refractivity contribution in [2.45, 2.75) is 342 Å². The first-order valence-corrected chi connectivity index (χ1v) is 37.0. The summed E-state index contributed by atoms with van der Waals surface area (Å²) in [6.45, 7) is 9.43. The number of phosphoric ester groups is 2. The molecular weight excluding hydrogens is 1110 g/mol. The van der Waals surface area contributed by atoms with Crippen LogP contribution in [-0.4, -0.2) is 96.7 Å². The molecule has 84 heavy (non-hydrogen) atoms. The van der Waals surface area contributed by atoms with E-state index in [2.05, 4.69) is 41.5 Å². The van der Waals surface area contributed by atoms with Gasteiger partial charge in [0.2, 0.25) is 0 Å². The van der Waals surface area contributed by atoms with Gasteiger partial charge < -0.3 is 33.8 Å². The number of ether oxygens (including phenoxy) is 4. The van der Waals surface area contributed by atoms with Crippen LogP contribution in [0.1, 0.15) is 324 Å². The van der Waals surface area contributed by atoms with Gasteiger partial charge in [0.1, 0.15) is 19.3 Å². The SMILES string of the molecule is CCCCCCCCCCCCC(=O)O[C@H](COC(=O)CCCCCCC)COP(=O)(O)OC[C@H](O)COP(=O)(O)OC[C@@H](COC(=O)CCCCCCCCCCCCCC(C)C)OC(=O)CCCCCCCCCCCCCCC(C)C. The summed E-state index contributed by atoms with van der Waals surface area (Å²) in [5, 5.41) is 10.5. The van der Waals surface area contributed by atoms with Crippen molar-refractivity contribution in [2.24, 2.45) is 11.8 Å². The number of aliphatic hydroxyl groups excluding tert-OH is 1. The Labute approximate surface area is 511 Å². The summed E-state index contributed by atoms with van der Waals surface area (Å²) < 4.78 is 67.9. The van der Waals surface area contributed by atoms with Gasteiger partial charge in [-0.05, 0) is 37.5 Å². The molecule has 0 aromatic carbocycles. The van der Waals surface area contributed by atoms with Crippen LogP contribution in [0, 0.1) is 11.8 Å². The molecule has 0 rings (SSSR count). The van der Waals surface area contributed by atoms with E-state index < -0.39 is 97.5 Å². The second-order valence-corrected chi connectivity index (χ2v) is 27.4. The van der Waals surface area contributed by atoms with Gasteiger partial charge in [0.25, 0.3) is 0 Å². The maximum absolute atomic E-state index is 13.0. The Hall–Kier alpha value is -1.94. The van der Waals surface area contributed by atoms with Crippen LogP contribution < -0.4 is 0 Å². The fourth-order valence-electron chi connectivity index (χ4n) is 9.71. The highest BCUT2D eigenvalue weighted by atomic mass is 31.2. The average molecular weight is 1240 g/mol. The Bertz CT molecular complexity index is 1650. The van der Waals surface area contributed by atoms with Crippen molar-refractivity contribution < 1.29 is 80.2 Å². The molecule has 0 aromatic rings. The summed E-state index contributed by atoms with van der Waals surface area (Å²) >= 11 is 0. The minimum Gasteiger partial charge on any atom is -0.462 e. The monoisotopic (exact) mass is 1240 g/mol. The van der Waals surface area contributed by atoms with Crippen LogP contribution in [0.3, 0.4) is 0 Å². The van der Waals surface area contributed by atoms with E-state index in [9.17, 15) is 43.2 Å². The van der Waals surface area contributed by atoms with Crippen LogP contribution in [0.5, 0.6) is 0 Å². The minimum atomic E-state index is -4.95. The second-order valence-electron chi connectivity index (χ2n) is 24.5. The number of aliphatic hydroxyl groups is 1. The summed E-state index contributed by atoms with van der Waals surface area (Å²) in [5.41, 5.74) is 0. The van der Waals surface area contributed by atoms with E-state index in [1.165, 1.54) is 135 Å². The topological polar surface area (TPSA) is 237 Å². The lowest BCUT2D eigenvalue weighted by Crippen LogP contribution is -2.30. The smallest absolute Gasteiger partial charge is 0.462 e.